The summed E-state index contributed by atoms with van der Waals surface area (Å²) in [6, 6.07) is 3.14. The molecule has 0 bridgehead atoms. The van der Waals surface area contributed by atoms with Crippen LogP contribution in [0.2, 0.25) is 0 Å². The van der Waals surface area contributed by atoms with E-state index in [0.29, 0.717) is 10.6 Å². The second-order valence-electron chi connectivity index (χ2n) is 6.60. The number of nitrogens with zero attached hydrogens (tertiary/aromatic N) is 3. The molecule has 0 aliphatic heterocycles. The SMILES string of the molecule is Cc1cnc(-c2cc(C(=O)NC(C)c3cnc(C(F)(F)F)nc3)cc(S(N)(=O)=O)c2)s1. The van der Waals surface area contributed by atoms with Gasteiger partial charge in [-0.05, 0) is 32.0 Å². The number of primary sulfonamides is 1. The summed E-state index contributed by atoms with van der Waals surface area (Å²) in [6.07, 6.45) is -1.14. The number of thiazole rings is 1. The summed E-state index contributed by atoms with van der Waals surface area (Å²) in [5, 5.41) is 8.32. The maximum Gasteiger partial charge on any atom is 0.451 e. The number of alkyl halides is 3. The number of carbonyl (C=O) groups excluding carboxylic acids is 1. The summed E-state index contributed by atoms with van der Waals surface area (Å²) in [5.74, 6) is -1.95. The van der Waals surface area contributed by atoms with Gasteiger partial charge in [0.25, 0.3) is 5.91 Å². The van der Waals surface area contributed by atoms with E-state index in [0.717, 1.165) is 23.3 Å². The van der Waals surface area contributed by atoms with Crippen molar-refractivity contribution in [3.8, 4) is 10.6 Å². The molecule has 3 rings (SSSR count). The highest BCUT2D eigenvalue weighted by atomic mass is 32.2. The first-order chi connectivity index (χ1) is 14.3. The van der Waals surface area contributed by atoms with Crippen LogP contribution in [0.1, 0.15) is 39.6 Å². The number of nitrogens with two attached hydrogens (primary N) is 1. The molecule has 3 aromatic rings. The maximum absolute atomic E-state index is 12.7. The smallest absolute Gasteiger partial charge is 0.345 e. The fourth-order valence-corrected chi connectivity index (χ4v) is 3.91. The van der Waals surface area contributed by atoms with E-state index in [1.54, 1.807) is 6.20 Å². The Bertz CT molecular complexity index is 1220. The second-order valence-corrected chi connectivity index (χ2v) is 9.40. The van der Waals surface area contributed by atoms with Gasteiger partial charge in [-0.2, -0.15) is 13.2 Å². The molecule has 13 heteroatoms. The summed E-state index contributed by atoms with van der Waals surface area (Å²) in [6.45, 7) is 3.35. The number of amides is 1. The normalized spacial score (nSPS) is 13.1. The maximum atomic E-state index is 12.7. The van der Waals surface area contributed by atoms with Crippen molar-refractivity contribution in [2.45, 2.75) is 31.0 Å². The first-order valence-electron chi connectivity index (χ1n) is 8.65. The van der Waals surface area contributed by atoms with Gasteiger partial charge in [0.2, 0.25) is 15.8 Å². The minimum absolute atomic E-state index is 0.00550. The Morgan fingerprint density at radius 3 is 2.29 bits per heavy atom. The lowest BCUT2D eigenvalue weighted by molar-refractivity contribution is -0.145. The van der Waals surface area contributed by atoms with E-state index in [2.05, 4.69) is 20.3 Å². The summed E-state index contributed by atoms with van der Waals surface area (Å²) < 4.78 is 61.6. The highest BCUT2D eigenvalue weighted by Crippen LogP contribution is 2.29. The standard InChI is InChI=1S/C18H16F3N5O3S2/c1-9-6-23-16(30-9)12-3-11(4-14(5-12)31(22,28)29)15(27)26-10(2)13-7-24-17(25-8-13)18(19,20)21/h3-8,10H,1-2H3,(H,26,27)(H2,22,28,29). The Balaban J connectivity index is 1.90. The molecule has 2 aromatic heterocycles. The van der Waals surface area contributed by atoms with Gasteiger partial charge in [0.1, 0.15) is 5.01 Å². The van der Waals surface area contributed by atoms with Crippen LogP contribution in [-0.2, 0) is 16.2 Å². The van der Waals surface area contributed by atoms with Crippen molar-refractivity contribution in [1.82, 2.24) is 20.3 Å². The zero-order valence-electron chi connectivity index (χ0n) is 16.1. The highest BCUT2D eigenvalue weighted by Gasteiger charge is 2.34. The van der Waals surface area contributed by atoms with Crippen LogP contribution in [0.15, 0.2) is 41.7 Å². The van der Waals surface area contributed by atoms with E-state index in [1.165, 1.54) is 30.4 Å². The van der Waals surface area contributed by atoms with Crippen molar-refractivity contribution >= 4 is 27.3 Å². The van der Waals surface area contributed by atoms with Gasteiger partial charge in [0.15, 0.2) is 0 Å². The Morgan fingerprint density at radius 1 is 1.13 bits per heavy atom. The average Bonchev–Trinajstić information content (AvgIpc) is 3.12. The molecule has 1 aromatic carbocycles. The van der Waals surface area contributed by atoms with Gasteiger partial charge in [-0.25, -0.2) is 28.5 Å². The van der Waals surface area contributed by atoms with Gasteiger partial charge < -0.3 is 5.32 Å². The van der Waals surface area contributed by atoms with Crippen LogP contribution in [0.4, 0.5) is 13.2 Å². The van der Waals surface area contributed by atoms with Crippen LogP contribution in [0, 0.1) is 6.92 Å². The number of hydrogen-bond acceptors (Lipinski definition) is 7. The van der Waals surface area contributed by atoms with E-state index >= 15 is 0 Å². The Morgan fingerprint density at radius 2 is 1.77 bits per heavy atom. The average molecular weight is 471 g/mol. The summed E-state index contributed by atoms with van der Waals surface area (Å²) in [4.78, 5) is 24.1. The molecule has 164 valence electrons. The number of sulfonamides is 1. The lowest BCUT2D eigenvalue weighted by Gasteiger charge is -2.15. The fraction of sp³-hybridized carbons (Fsp3) is 0.222. The summed E-state index contributed by atoms with van der Waals surface area (Å²) in [5.41, 5.74) is 0.620. The zero-order chi connectivity index (χ0) is 23.0. The lowest BCUT2D eigenvalue weighted by Crippen LogP contribution is -2.27. The number of nitrogens with one attached hydrogen (secondary N) is 1. The molecule has 31 heavy (non-hydrogen) atoms. The minimum atomic E-state index is -4.68. The molecule has 0 radical (unpaired) electrons. The molecule has 8 nitrogen and oxygen atoms in total. The topological polar surface area (TPSA) is 128 Å². The van der Waals surface area contributed by atoms with Gasteiger partial charge in [-0.3, -0.25) is 4.79 Å². The third kappa shape index (κ3) is 5.42. The zero-order valence-corrected chi connectivity index (χ0v) is 17.8. The molecular formula is C18H16F3N5O3S2. The first kappa shape index (κ1) is 22.8. The molecule has 0 saturated heterocycles. The number of aryl methyl sites for hydroxylation is 1. The number of aromatic nitrogens is 3. The number of hydrogen-bond donors (Lipinski definition) is 2. The molecule has 1 atom stereocenters. The van der Waals surface area contributed by atoms with Crippen LogP contribution in [0.25, 0.3) is 10.6 Å². The van der Waals surface area contributed by atoms with Gasteiger partial charge in [0, 0.05) is 40.2 Å². The largest absolute Gasteiger partial charge is 0.451 e. The Kier molecular flexibility index (Phi) is 6.11. The van der Waals surface area contributed by atoms with Gasteiger partial charge in [-0.15, -0.1) is 11.3 Å². The van der Waals surface area contributed by atoms with Crippen molar-refractivity contribution in [1.29, 1.82) is 0 Å². The van der Waals surface area contributed by atoms with Crippen LogP contribution >= 0.6 is 11.3 Å². The molecule has 3 N–H and O–H groups in total. The van der Waals surface area contributed by atoms with Crippen molar-refractivity contribution in [2.24, 2.45) is 5.14 Å². The Labute approximate surface area is 179 Å². The molecular weight excluding hydrogens is 455 g/mol. The second kappa shape index (κ2) is 8.32. The molecule has 1 amide bonds. The Hall–Kier alpha value is -2.90. The quantitative estimate of drug-likeness (QED) is 0.589. The summed E-state index contributed by atoms with van der Waals surface area (Å²) in [7, 11) is -4.11. The fourth-order valence-electron chi connectivity index (χ4n) is 2.58. The number of halogens is 3. The van der Waals surface area contributed by atoms with Crippen LogP contribution in [-0.4, -0.2) is 29.3 Å². The molecule has 0 saturated carbocycles. The van der Waals surface area contributed by atoms with Crippen LogP contribution < -0.4 is 10.5 Å². The minimum Gasteiger partial charge on any atom is -0.345 e. The van der Waals surface area contributed by atoms with Crippen LogP contribution in [0.3, 0.4) is 0 Å². The third-order valence-electron chi connectivity index (χ3n) is 4.14. The van der Waals surface area contributed by atoms with Crippen molar-refractivity contribution in [3.05, 3.63) is 58.6 Å². The summed E-state index contributed by atoms with van der Waals surface area (Å²) >= 11 is 1.31. The van der Waals surface area contributed by atoms with E-state index in [4.69, 9.17) is 5.14 Å². The molecule has 0 fully saturated rings. The van der Waals surface area contributed by atoms with E-state index in [1.807, 2.05) is 6.92 Å². The highest BCUT2D eigenvalue weighted by molar-refractivity contribution is 7.89. The first-order valence-corrected chi connectivity index (χ1v) is 11.0. The molecule has 1 unspecified atom stereocenters. The molecule has 0 aliphatic carbocycles. The van der Waals surface area contributed by atoms with Gasteiger partial charge in [-0.1, -0.05) is 0 Å². The van der Waals surface area contributed by atoms with E-state index in [-0.39, 0.29) is 16.0 Å². The van der Waals surface area contributed by atoms with Crippen molar-refractivity contribution in [3.63, 3.8) is 0 Å². The van der Waals surface area contributed by atoms with Gasteiger partial charge >= 0.3 is 6.18 Å². The predicted octanol–water partition coefficient (Wildman–Crippen LogP) is 3.07. The molecule has 2 heterocycles. The third-order valence-corrected chi connectivity index (χ3v) is 5.99. The van der Waals surface area contributed by atoms with E-state index in [9.17, 15) is 26.4 Å². The monoisotopic (exact) mass is 471 g/mol. The van der Waals surface area contributed by atoms with Crippen molar-refractivity contribution < 1.29 is 26.4 Å². The predicted molar refractivity (Wildman–Crippen MR) is 107 cm³/mol. The van der Waals surface area contributed by atoms with Crippen molar-refractivity contribution in [2.75, 3.05) is 0 Å². The van der Waals surface area contributed by atoms with E-state index < -0.39 is 34.0 Å². The molecule has 0 aliphatic rings. The number of rotatable bonds is 5. The lowest BCUT2D eigenvalue weighted by atomic mass is 10.1. The van der Waals surface area contributed by atoms with Gasteiger partial charge in [0.05, 0.1) is 10.9 Å². The molecule has 0 spiro atoms. The van der Waals surface area contributed by atoms with Crippen LogP contribution in [0.5, 0.6) is 0 Å². The number of carbonyl (C=O) groups is 1. The number of benzene rings is 1.